The van der Waals surface area contributed by atoms with Gasteiger partial charge in [0.15, 0.2) is 5.16 Å². The second kappa shape index (κ2) is 9.36. The van der Waals surface area contributed by atoms with Crippen molar-refractivity contribution in [3.8, 4) is 11.4 Å². The molecule has 1 saturated heterocycles. The lowest BCUT2D eigenvalue weighted by atomic mass is 9.92. The maximum absolute atomic E-state index is 13.5. The molecular weight excluding hydrogens is 422 g/mol. The Morgan fingerprint density at radius 2 is 1.88 bits per heavy atom. The Hall–Kier alpha value is -2.80. The number of carbonyl (C=O) groups excluding carboxylic acids is 1. The van der Waals surface area contributed by atoms with Gasteiger partial charge in [0.05, 0.1) is 29.5 Å². The fraction of sp³-hybridized carbons (Fsp3) is 0.400. The van der Waals surface area contributed by atoms with Crippen molar-refractivity contribution in [2.24, 2.45) is 11.8 Å². The number of rotatable bonds is 5. The molecule has 0 radical (unpaired) electrons. The molecule has 0 aliphatic carbocycles. The van der Waals surface area contributed by atoms with E-state index in [-0.39, 0.29) is 17.2 Å². The first-order chi connectivity index (χ1) is 15.4. The van der Waals surface area contributed by atoms with E-state index in [2.05, 4.69) is 13.8 Å². The molecule has 4 rings (SSSR count). The van der Waals surface area contributed by atoms with Crippen molar-refractivity contribution < 1.29 is 9.53 Å². The van der Waals surface area contributed by atoms with E-state index in [1.807, 2.05) is 48.2 Å². The highest BCUT2D eigenvalue weighted by Crippen LogP contribution is 2.29. The summed E-state index contributed by atoms with van der Waals surface area (Å²) in [5.41, 5.74) is 2.08. The van der Waals surface area contributed by atoms with Gasteiger partial charge in [-0.25, -0.2) is 4.98 Å². The average Bonchev–Trinajstić information content (AvgIpc) is 2.77. The average molecular weight is 452 g/mol. The number of para-hydroxylation sites is 1. The zero-order valence-electron chi connectivity index (χ0n) is 19.0. The van der Waals surface area contributed by atoms with E-state index in [0.717, 1.165) is 25.1 Å². The Morgan fingerprint density at radius 3 is 2.59 bits per heavy atom. The molecule has 0 spiro atoms. The van der Waals surface area contributed by atoms with Crippen LogP contribution in [-0.4, -0.2) is 46.3 Å². The highest BCUT2D eigenvalue weighted by atomic mass is 32.2. The highest BCUT2D eigenvalue weighted by Gasteiger charge is 2.26. The maximum Gasteiger partial charge on any atom is 0.266 e. The van der Waals surface area contributed by atoms with Crippen LogP contribution in [0.5, 0.6) is 5.75 Å². The monoisotopic (exact) mass is 451 g/mol. The fourth-order valence-corrected chi connectivity index (χ4v) is 5.39. The Bertz CT molecular complexity index is 1200. The number of aromatic nitrogens is 2. The van der Waals surface area contributed by atoms with Gasteiger partial charge in [0, 0.05) is 13.1 Å². The number of piperidine rings is 1. The second-order valence-corrected chi connectivity index (χ2v) is 9.70. The first kappa shape index (κ1) is 22.4. The molecule has 1 fully saturated rings. The van der Waals surface area contributed by atoms with Gasteiger partial charge < -0.3 is 9.64 Å². The molecule has 32 heavy (non-hydrogen) atoms. The van der Waals surface area contributed by atoms with Gasteiger partial charge >= 0.3 is 0 Å². The van der Waals surface area contributed by atoms with Crippen LogP contribution in [0.3, 0.4) is 0 Å². The summed E-state index contributed by atoms with van der Waals surface area (Å²) in [6.45, 7) is 7.92. The zero-order valence-corrected chi connectivity index (χ0v) is 19.8. The number of ether oxygens (including phenoxy) is 1. The number of aryl methyl sites for hydroxylation is 1. The van der Waals surface area contributed by atoms with Crippen molar-refractivity contribution in [2.75, 3.05) is 26.0 Å². The molecule has 0 N–H and O–H groups in total. The number of hydrogen-bond acceptors (Lipinski definition) is 5. The lowest BCUT2D eigenvalue weighted by molar-refractivity contribution is -0.130. The van der Waals surface area contributed by atoms with Crippen molar-refractivity contribution in [3.63, 3.8) is 0 Å². The number of amides is 1. The quantitative estimate of drug-likeness (QED) is 0.428. The van der Waals surface area contributed by atoms with Gasteiger partial charge in [-0.1, -0.05) is 43.8 Å². The Kier molecular flexibility index (Phi) is 6.55. The van der Waals surface area contributed by atoms with Crippen molar-refractivity contribution in [1.82, 2.24) is 14.5 Å². The minimum atomic E-state index is -0.172. The van der Waals surface area contributed by atoms with Crippen LogP contribution in [0.1, 0.15) is 25.8 Å². The summed E-state index contributed by atoms with van der Waals surface area (Å²) in [6.07, 6.45) is 1.15. The van der Waals surface area contributed by atoms with Gasteiger partial charge in [0.1, 0.15) is 5.75 Å². The summed E-state index contributed by atoms with van der Waals surface area (Å²) in [7, 11) is 1.59. The van der Waals surface area contributed by atoms with Crippen LogP contribution in [0.4, 0.5) is 0 Å². The smallest absolute Gasteiger partial charge is 0.266 e. The second-order valence-electron chi connectivity index (χ2n) is 8.76. The standard InChI is InChI=1S/C25H29N3O3S/c1-16-9-10-22(31-4)21(12-16)28-24(30)19-7-5-6-8-20(19)26-25(28)32-15-23(29)27-13-17(2)11-18(3)14-27/h5-10,12,17-18H,11,13-15H2,1-4H3/t17-,18+. The normalized spacial score (nSPS) is 18.7. The molecule has 7 heteroatoms. The molecule has 3 aromatic rings. The largest absolute Gasteiger partial charge is 0.495 e. The third-order valence-corrected chi connectivity index (χ3v) is 6.79. The van der Waals surface area contributed by atoms with Crippen LogP contribution >= 0.6 is 11.8 Å². The SMILES string of the molecule is COc1ccc(C)cc1-n1c(SCC(=O)N2C[C@H](C)C[C@H](C)C2)nc2ccccc2c1=O. The molecule has 2 aromatic carbocycles. The van der Waals surface area contributed by atoms with Gasteiger partial charge in [-0.05, 0) is 55.0 Å². The molecule has 0 unspecified atom stereocenters. The molecule has 0 bridgehead atoms. The highest BCUT2D eigenvalue weighted by molar-refractivity contribution is 7.99. The zero-order chi connectivity index (χ0) is 22.8. The summed E-state index contributed by atoms with van der Waals surface area (Å²) in [5.74, 6) is 1.90. The van der Waals surface area contributed by atoms with E-state index in [1.54, 1.807) is 17.7 Å². The molecule has 1 amide bonds. The number of carbonyl (C=O) groups is 1. The third-order valence-electron chi connectivity index (χ3n) is 5.87. The number of benzene rings is 2. The molecule has 168 valence electrons. The van der Waals surface area contributed by atoms with E-state index in [4.69, 9.17) is 9.72 Å². The van der Waals surface area contributed by atoms with Crippen LogP contribution in [0.15, 0.2) is 52.4 Å². The van der Waals surface area contributed by atoms with Crippen LogP contribution < -0.4 is 10.3 Å². The van der Waals surface area contributed by atoms with Crippen molar-refractivity contribution in [2.45, 2.75) is 32.3 Å². The fourth-order valence-electron chi connectivity index (χ4n) is 4.48. The number of nitrogens with zero attached hydrogens (tertiary/aromatic N) is 3. The Labute approximate surface area is 192 Å². The molecule has 2 atom stereocenters. The molecule has 1 aromatic heterocycles. The number of fused-ring (bicyclic) bond motifs is 1. The molecule has 6 nitrogen and oxygen atoms in total. The van der Waals surface area contributed by atoms with Crippen LogP contribution in [-0.2, 0) is 4.79 Å². The van der Waals surface area contributed by atoms with Crippen molar-refractivity contribution in [3.05, 3.63) is 58.4 Å². The number of thioether (sulfide) groups is 1. The molecule has 1 aliphatic rings. The summed E-state index contributed by atoms with van der Waals surface area (Å²) in [5, 5.41) is 1.02. The van der Waals surface area contributed by atoms with E-state index in [0.29, 0.717) is 39.3 Å². The van der Waals surface area contributed by atoms with E-state index in [9.17, 15) is 9.59 Å². The van der Waals surface area contributed by atoms with E-state index in [1.165, 1.54) is 11.8 Å². The van der Waals surface area contributed by atoms with Gasteiger partial charge in [-0.3, -0.25) is 14.2 Å². The molecular formula is C25H29N3O3S. The van der Waals surface area contributed by atoms with E-state index < -0.39 is 0 Å². The topological polar surface area (TPSA) is 64.4 Å². The van der Waals surface area contributed by atoms with Crippen LogP contribution in [0.25, 0.3) is 16.6 Å². The third kappa shape index (κ3) is 4.53. The predicted molar refractivity (Wildman–Crippen MR) is 129 cm³/mol. The first-order valence-corrected chi connectivity index (χ1v) is 11.9. The lowest BCUT2D eigenvalue weighted by Gasteiger charge is -2.35. The minimum Gasteiger partial charge on any atom is -0.495 e. The summed E-state index contributed by atoms with van der Waals surface area (Å²) in [4.78, 5) is 33.2. The summed E-state index contributed by atoms with van der Waals surface area (Å²) < 4.78 is 7.13. The molecule has 2 heterocycles. The van der Waals surface area contributed by atoms with Gasteiger partial charge in [-0.15, -0.1) is 0 Å². The molecule has 0 saturated carbocycles. The van der Waals surface area contributed by atoms with Gasteiger partial charge in [0.2, 0.25) is 5.91 Å². The minimum absolute atomic E-state index is 0.0820. The van der Waals surface area contributed by atoms with Crippen LogP contribution in [0.2, 0.25) is 0 Å². The molecule has 1 aliphatic heterocycles. The van der Waals surface area contributed by atoms with Crippen molar-refractivity contribution >= 4 is 28.6 Å². The predicted octanol–water partition coefficient (Wildman–Crippen LogP) is 4.30. The summed E-state index contributed by atoms with van der Waals surface area (Å²) >= 11 is 1.31. The lowest BCUT2D eigenvalue weighted by Crippen LogP contribution is -2.43. The van der Waals surface area contributed by atoms with Crippen molar-refractivity contribution in [1.29, 1.82) is 0 Å². The summed E-state index contributed by atoms with van der Waals surface area (Å²) in [6, 6.07) is 13.0. The number of hydrogen-bond donors (Lipinski definition) is 0. The van der Waals surface area contributed by atoms with Crippen LogP contribution in [0, 0.1) is 18.8 Å². The van der Waals surface area contributed by atoms with E-state index >= 15 is 0 Å². The Balaban J connectivity index is 1.74. The van der Waals surface area contributed by atoms with Gasteiger partial charge in [0.25, 0.3) is 5.56 Å². The number of methoxy groups -OCH3 is 1. The first-order valence-electron chi connectivity index (χ1n) is 10.9. The maximum atomic E-state index is 13.5. The van der Waals surface area contributed by atoms with Gasteiger partial charge in [-0.2, -0.15) is 0 Å². The number of likely N-dealkylation sites (tertiary alicyclic amines) is 1. The Morgan fingerprint density at radius 1 is 1.16 bits per heavy atom.